The summed E-state index contributed by atoms with van der Waals surface area (Å²) in [5.41, 5.74) is -1.39. The van der Waals surface area contributed by atoms with Gasteiger partial charge in [0, 0.05) is 32.0 Å². The maximum atomic E-state index is 12.7. The van der Waals surface area contributed by atoms with E-state index in [1.807, 2.05) is 0 Å². The topological polar surface area (TPSA) is 80.6 Å². The van der Waals surface area contributed by atoms with E-state index in [-0.39, 0.29) is 12.5 Å². The van der Waals surface area contributed by atoms with Gasteiger partial charge < -0.3 is 19.5 Å². The first-order valence-electron chi connectivity index (χ1n) is 8.07. The van der Waals surface area contributed by atoms with Gasteiger partial charge in [0.25, 0.3) is 11.5 Å². The lowest BCUT2D eigenvalue weighted by Crippen LogP contribution is -2.28. The maximum absolute atomic E-state index is 12.7. The van der Waals surface area contributed by atoms with Gasteiger partial charge in [-0.25, -0.2) is 0 Å². The maximum Gasteiger partial charge on any atom is 0.417 e. The molecule has 0 aliphatic carbocycles. The van der Waals surface area contributed by atoms with Gasteiger partial charge in [-0.1, -0.05) is 0 Å². The monoisotopic (exact) mass is 397 g/mol. The molecule has 1 aromatic heterocycles. The zero-order chi connectivity index (χ0) is 20.9. The van der Waals surface area contributed by atoms with Gasteiger partial charge in [0.2, 0.25) is 5.91 Å². The standard InChI is InChI=1S/C18H18F3N3O4/c1-23(2)17(27)11-28-14-6-4-13(5-7-14)22-15(25)10-24-9-12(18(19,20)21)3-8-16(24)26/h3-9H,10-11H2,1-2H3,(H,22,25). The number of rotatable bonds is 6. The zero-order valence-electron chi connectivity index (χ0n) is 15.1. The van der Waals surface area contributed by atoms with E-state index in [2.05, 4.69) is 5.32 Å². The third-order valence-corrected chi connectivity index (χ3v) is 3.62. The van der Waals surface area contributed by atoms with Crippen molar-refractivity contribution in [2.24, 2.45) is 0 Å². The van der Waals surface area contributed by atoms with Crippen LogP contribution in [0.5, 0.6) is 5.75 Å². The predicted octanol–water partition coefficient (Wildman–Crippen LogP) is 1.97. The fourth-order valence-electron chi connectivity index (χ4n) is 2.09. The molecule has 1 N–H and O–H groups in total. The van der Waals surface area contributed by atoms with Crippen LogP contribution in [0, 0.1) is 0 Å². The first-order chi connectivity index (χ1) is 13.1. The van der Waals surface area contributed by atoms with Gasteiger partial charge in [-0.2, -0.15) is 13.2 Å². The lowest BCUT2D eigenvalue weighted by atomic mass is 10.2. The second-order valence-corrected chi connectivity index (χ2v) is 6.03. The van der Waals surface area contributed by atoms with Crippen LogP contribution in [0.2, 0.25) is 0 Å². The Morgan fingerprint density at radius 1 is 1.11 bits per heavy atom. The minimum absolute atomic E-state index is 0.142. The smallest absolute Gasteiger partial charge is 0.417 e. The number of anilines is 1. The summed E-state index contributed by atoms with van der Waals surface area (Å²) < 4.78 is 44.2. The van der Waals surface area contributed by atoms with Crippen molar-refractivity contribution in [3.63, 3.8) is 0 Å². The fraction of sp³-hybridized carbons (Fsp3) is 0.278. The van der Waals surface area contributed by atoms with Gasteiger partial charge in [0.15, 0.2) is 6.61 Å². The molecule has 0 aliphatic heterocycles. The highest BCUT2D eigenvalue weighted by atomic mass is 19.4. The van der Waals surface area contributed by atoms with Gasteiger partial charge >= 0.3 is 6.18 Å². The molecule has 0 fully saturated rings. The van der Waals surface area contributed by atoms with Crippen molar-refractivity contribution >= 4 is 17.5 Å². The number of hydrogen-bond donors (Lipinski definition) is 1. The Labute approximate surface area is 158 Å². The Morgan fingerprint density at radius 3 is 2.32 bits per heavy atom. The summed E-state index contributed by atoms with van der Waals surface area (Å²) in [7, 11) is 3.19. The number of hydrogen-bond acceptors (Lipinski definition) is 4. The first-order valence-corrected chi connectivity index (χ1v) is 8.07. The Morgan fingerprint density at radius 2 is 1.75 bits per heavy atom. The molecule has 10 heteroatoms. The van der Waals surface area contributed by atoms with Crippen LogP contribution in [-0.4, -0.2) is 42.0 Å². The average Bonchev–Trinajstić information content (AvgIpc) is 2.61. The molecule has 1 aromatic carbocycles. The summed E-state index contributed by atoms with van der Waals surface area (Å²) in [5, 5.41) is 2.48. The summed E-state index contributed by atoms with van der Waals surface area (Å²) in [4.78, 5) is 36.6. The second kappa shape index (κ2) is 8.59. The summed E-state index contributed by atoms with van der Waals surface area (Å²) in [5.74, 6) is -0.482. The van der Waals surface area contributed by atoms with E-state index < -0.39 is 29.8 Å². The molecule has 0 atom stereocenters. The van der Waals surface area contributed by atoms with Crippen molar-refractivity contribution in [2.75, 3.05) is 26.0 Å². The number of nitrogens with one attached hydrogen (secondary N) is 1. The third-order valence-electron chi connectivity index (χ3n) is 3.62. The number of amides is 2. The molecule has 28 heavy (non-hydrogen) atoms. The van der Waals surface area contributed by atoms with Crippen LogP contribution in [0.25, 0.3) is 0 Å². The van der Waals surface area contributed by atoms with Crippen molar-refractivity contribution < 1.29 is 27.5 Å². The first kappa shape index (κ1) is 21.0. The Bertz CT molecular complexity index is 906. The summed E-state index contributed by atoms with van der Waals surface area (Å²) in [6, 6.07) is 7.47. The van der Waals surface area contributed by atoms with Crippen molar-refractivity contribution in [1.29, 1.82) is 0 Å². The summed E-state index contributed by atoms with van der Waals surface area (Å²) >= 11 is 0. The molecule has 0 spiro atoms. The molecule has 2 rings (SSSR count). The van der Waals surface area contributed by atoms with Crippen molar-refractivity contribution in [3.05, 3.63) is 58.5 Å². The number of carbonyl (C=O) groups excluding carboxylic acids is 2. The number of halogens is 3. The lowest BCUT2D eigenvalue weighted by molar-refractivity contribution is -0.138. The molecular formula is C18H18F3N3O4. The minimum Gasteiger partial charge on any atom is -0.484 e. The number of ether oxygens (including phenoxy) is 1. The van der Waals surface area contributed by atoms with Crippen LogP contribution < -0.4 is 15.6 Å². The molecule has 2 amide bonds. The number of alkyl halides is 3. The fourth-order valence-corrected chi connectivity index (χ4v) is 2.09. The molecule has 150 valence electrons. The molecule has 0 radical (unpaired) electrons. The van der Waals surface area contributed by atoms with Crippen molar-refractivity contribution in [2.45, 2.75) is 12.7 Å². The van der Waals surface area contributed by atoms with Crippen LogP contribution in [0.3, 0.4) is 0 Å². The molecule has 0 bridgehead atoms. The van der Waals surface area contributed by atoms with E-state index in [4.69, 9.17) is 4.74 Å². The molecule has 0 saturated carbocycles. The number of nitrogens with zero attached hydrogens (tertiary/aromatic N) is 2. The quantitative estimate of drug-likeness (QED) is 0.808. The van der Waals surface area contributed by atoms with Crippen LogP contribution >= 0.6 is 0 Å². The van der Waals surface area contributed by atoms with Gasteiger partial charge in [0.1, 0.15) is 12.3 Å². The Kier molecular flexibility index (Phi) is 6.45. The normalized spacial score (nSPS) is 11.0. The number of pyridine rings is 1. The molecule has 0 unspecified atom stereocenters. The number of likely N-dealkylation sites (N-methyl/N-ethyl adjacent to an activating group) is 1. The highest BCUT2D eigenvalue weighted by Crippen LogP contribution is 2.28. The van der Waals surface area contributed by atoms with E-state index >= 15 is 0 Å². The Balaban J connectivity index is 1.98. The molecule has 7 nitrogen and oxygen atoms in total. The number of aromatic nitrogens is 1. The van der Waals surface area contributed by atoms with Crippen molar-refractivity contribution in [3.8, 4) is 5.75 Å². The second-order valence-electron chi connectivity index (χ2n) is 6.03. The van der Waals surface area contributed by atoms with Crippen LogP contribution in [0.15, 0.2) is 47.4 Å². The average molecular weight is 397 g/mol. The van der Waals surface area contributed by atoms with Crippen LogP contribution in [0.4, 0.5) is 18.9 Å². The molecule has 2 aromatic rings. The molecule has 0 saturated heterocycles. The highest BCUT2D eigenvalue weighted by Gasteiger charge is 2.31. The lowest BCUT2D eigenvalue weighted by Gasteiger charge is -2.12. The SMILES string of the molecule is CN(C)C(=O)COc1ccc(NC(=O)Cn2cc(C(F)(F)F)ccc2=O)cc1. The number of benzene rings is 1. The van der Waals surface area contributed by atoms with E-state index in [1.54, 1.807) is 14.1 Å². The predicted molar refractivity (Wildman–Crippen MR) is 95.0 cm³/mol. The Hall–Kier alpha value is -3.30. The molecule has 0 aliphatic rings. The van der Waals surface area contributed by atoms with Gasteiger partial charge in [-0.05, 0) is 30.3 Å². The zero-order valence-corrected chi connectivity index (χ0v) is 15.1. The molecule has 1 heterocycles. The third kappa shape index (κ3) is 5.86. The van der Waals surface area contributed by atoms with Crippen LogP contribution in [0.1, 0.15) is 5.56 Å². The van der Waals surface area contributed by atoms with E-state index in [9.17, 15) is 27.6 Å². The van der Waals surface area contributed by atoms with E-state index in [0.717, 1.165) is 6.07 Å². The van der Waals surface area contributed by atoms with Crippen molar-refractivity contribution in [1.82, 2.24) is 9.47 Å². The molecular weight excluding hydrogens is 379 g/mol. The number of carbonyl (C=O) groups is 2. The van der Waals surface area contributed by atoms with Gasteiger partial charge in [-0.3, -0.25) is 14.4 Å². The van der Waals surface area contributed by atoms with E-state index in [0.29, 0.717) is 28.3 Å². The van der Waals surface area contributed by atoms with E-state index in [1.165, 1.54) is 29.2 Å². The summed E-state index contributed by atoms with van der Waals surface area (Å²) in [6.07, 6.45) is -4.02. The van der Waals surface area contributed by atoms with Gasteiger partial charge in [0.05, 0.1) is 5.56 Å². The van der Waals surface area contributed by atoms with Crippen LogP contribution in [-0.2, 0) is 22.3 Å². The largest absolute Gasteiger partial charge is 0.484 e. The highest BCUT2D eigenvalue weighted by molar-refractivity contribution is 5.90. The van der Waals surface area contributed by atoms with Gasteiger partial charge in [-0.15, -0.1) is 0 Å². The minimum atomic E-state index is -4.62. The summed E-state index contributed by atoms with van der Waals surface area (Å²) in [6.45, 7) is -0.713.